The Morgan fingerprint density at radius 2 is 1.26 bits per heavy atom. The predicted molar refractivity (Wildman–Crippen MR) is 145 cm³/mol. The third-order valence-electron chi connectivity index (χ3n) is 6.00. The quantitative estimate of drug-likeness (QED) is 0.0935. The first-order valence-corrected chi connectivity index (χ1v) is 12.7. The molecule has 0 atom stereocenters. The zero-order valence-electron chi connectivity index (χ0n) is 22.4. The maximum absolute atomic E-state index is 14.7. The summed E-state index contributed by atoms with van der Waals surface area (Å²) < 4.78 is 117. The summed E-state index contributed by atoms with van der Waals surface area (Å²) in [6, 6.07) is 11.0. The monoisotopic (exact) mass is 596 g/mol. The van der Waals surface area contributed by atoms with Crippen molar-refractivity contribution in [1.29, 1.82) is 0 Å². The number of halogens is 8. The van der Waals surface area contributed by atoms with Gasteiger partial charge in [-0.05, 0) is 79.9 Å². The van der Waals surface area contributed by atoms with Crippen molar-refractivity contribution in [3.05, 3.63) is 147 Å². The molecule has 43 heavy (non-hydrogen) atoms. The van der Waals surface area contributed by atoms with Crippen LogP contribution in [0, 0.1) is 58.6 Å². The number of allylic oxidation sites excluding steroid dienone is 2. The molecule has 0 saturated carbocycles. The molecule has 0 bridgehead atoms. The van der Waals surface area contributed by atoms with Crippen LogP contribution in [0.3, 0.4) is 0 Å². The Morgan fingerprint density at radius 1 is 0.651 bits per heavy atom. The minimum absolute atomic E-state index is 0.109. The van der Waals surface area contributed by atoms with E-state index in [1.165, 1.54) is 18.2 Å². The summed E-state index contributed by atoms with van der Waals surface area (Å²) >= 11 is 0. The van der Waals surface area contributed by atoms with E-state index in [2.05, 4.69) is 28.4 Å². The van der Waals surface area contributed by atoms with Gasteiger partial charge in [-0.2, -0.15) is 8.78 Å². The van der Waals surface area contributed by atoms with Crippen LogP contribution in [0.2, 0.25) is 0 Å². The van der Waals surface area contributed by atoms with Gasteiger partial charge in [0.1, 0.15) is 23.2 Å². The molecule has 0 heterocycles. The third-order valence-corrected chi connectivity index (χ3v) is 6.00. The van der Waals surface area contributed by atoms with Crippen LogP contribution >= 0.6 is 0 Å². The number of aryl methyl sites for hydroxylation is 1. The van der Waals surface area contributed by atoms with Gasteiger partial charge in [-0.1, -0.05) is 41.9 Å². The van der Waals surface area contributed by atoms with Gasteiger partial charge in [0.25, 0.3) is 0 Å². The molecule has 0 aliphatic rings. The van der Waals surface area contributed by atoms with Crippen LogP contribution < -0.4 is 4.74 Å². The van der Waals surface area contributed by atoms with Crippen LogP contribution in [-0.2, 0) is 12.5 Å². The summed E-state index contributed by atoms with van der Waals surface area (Å²) in [5.41, 5.74) is -0.929. The van der Waals surface area contributed by atoms with Crippen LogP contribution in [0.15, 0.2) is 78.9 Å². The molecule has 0 fully saturated rings. The lowest BCUT2D eigenvalue weighted by atomic mass is 10.1. The van der Waals surface area contributed by atoms with E-state index in [4.69, 9.17) is 0 Å². The highest BCUT2D eigenvalue weighted by atomic mass is 19.3. The highest BCUT2D eigenvalue weighted by Crippen LogP contribution is 2.34. The van der Waals surface area contributed by atoms with Crippen molar-refractivity contribution in [2.24, 2.45) is 0 Å². The summed E-state index contributed by atoms with van der Waals surface area (Å²) in [6.45, 7) is 1.83. The smallest absolute Gasteiger partial charge is 0.429 e. The van der Waals surface area contributed by atoms with Gasteiger partial charge in [0.15, 0.2) is 17.5 Å². The van der Waals surface area contributed by atoms with E-state index < -0.39 is 52.3 Å². The summed E-state index contributed by atoms with van der Waals surface area (Å²) in [4.78, 5) is 0. The lowest BCUT2D eigenvalue weighted by Gasteiger charge is -2.19. The van der Waals surface area contributed by atoms with Gasteiger partial charge < -0.3 is 4.74 Å². The number of hydrogen-bond acceptors (Lipinski definition) is 1. The van der Waals surface area contributed by atoms with Gasteiger partial charge in [-0.3, -0.25) is 0 Å². The van der Waals surface area contributed by atoms with Crippen LogP contribution in [-0.4, -0.2) is 0 Å². The molecule has 4 aromatic rings. The number of rotatable bonds is 6. The zero-order valence-corrected chi connectivity index (χ0v) is 22.4. The lowest BCUT2D eigenvalue weighted by Crippen LogP contribution is -2.23. The molecule has 9 heteroatoms. The molecule has 4 rings (SSSR count). The number of ether oxygens (including phenoxy) is 1. The van der Waals surface area contributed by atoms with Crippen LogP contribution in [0.4, 0.5) is 35.1 Å². The lowest BCUT2D eigenvalue weighted by molar-refractivity contribution is -0.187. The Labute approximate surface area is 242 Å². The topological polar surface area (TPSA) is 9.23 Å². The maximum Gasteiger partial charge on any atom is 0.429 e. The summed E-state index contributed by atoms with van der Waals surface area (Å²) in [6.07, 6.45) is 0.691. The molecular weight excluding hydrogens is 576 g/mol. The molecular formula is C34H20F8O. The van der Waals surface area contributed by atoms with Crippen molar-refractivity contribution in [3.63, 3.8) is 0 Å². The Balaban J connectivity index is 1.46. The fourth-order valence-electron chi connectivity index (χ4n) is 3.83. The highest BCUT2D eigenvalue weighted by Gasteiger charge is 2.37. The molecule has 1 nitrogen and oxygen atoms in total. The van der Waals surface area contributed by atoms with Crippen LogP contribution in [0.25, 0.3) is 0 Å². The molecule has 0 saturated heterocycles. The van der Waals surface area contributed by atoms with Crippen molar-refractivity contribution in [2.75, 3.05) is 0 Å². The first kappa shape index (κ1) is 30.9. The standard InChI is InChI=1S/C34H20F8O/c1-2-3-4-5-21-9-15-27(30(37)17-21)34(41,42)43-26-14-13-25(29(36)20-26)11-7-22-6-10-24(28(35)16-22)12-8-23-18-31(38)33(40)32(39)19-23/h2-3,6,9-10,13-20H,4-5H2,1H3/b3-2+. The SMILES string of the molecule is C/C=C/CCc1ccc(C(F)(F)Oc2ccc(C#Cc3ccc(C#Cc4cc(F)c(F)c(F)c4)c(F)c3)c(F)c2)c(F)c1. The molecule has 0 N–H and O–H groups in total. The zero-order chi connectivity index (χ0) is 31.1. The van der Waals surface area contributed by atoms with Crippen LogP contribution in [0.1, 0.15) is 46.7 Å². The van der Waals surface area contributed by atoms with E-state index in [1.807, 2.05) is 19.1 Å². The number of alkyl halides is 2. The van der Waals surface area contributed by atoms with E-state index >= 15 is 0 Å². The first-order valence-electron chi connectivity index (χ1n) is 12.7. The Bertz CT molecular complexity index is 1800. The third kappa shape index (κ3) is 7.84. The van der Waals surface area contributed by atoms with Crippen molar-refractivity contribution in [3.8, 4) is 29.4 Å². The van der Waals surface area contributed by atoms with Gasteiger partial charge in [-0.15, -0.1) is 0 Å². The summed E-state index contributed by atoms with van der Waals surface area (Å²) in [5.74, 6) is 1.58. The second-order valence-electron chi connectivity index (χ2n) is 9.13. The number of benzene rings is 4. The second-order valence-corrected chi connectivity index (χ2v) is 9.13. The van der Waals surface area contributed by atoms with Crippen molar-refractivity contribution < 1.29 is 39.9 Å². The molecule has 0 aliphatic carbocycles. The Morgan fingerprint density at radius 3 is 1.86 bits per heavy atom. The van der Waals surface area contributed by atoms with Crippen molar-refractivity contribution >= 4 is 0 Å². The van der Waals surface area contributed by atoms with Crippen molar-refractivity contribution in [1.82, 2.24) is 0 Å². The molecule has 0 aliphatic heterocycles. The molecule has 0 amide bonds. The highest BCUT2D eigenvalue weighted by molar-refractivity contribution is 5.49. The molecule has 0 unspecified atom stereocenters. The summed E-state index contributed by atoms with van der Waals surface area (Å²) in [5, 5.41) is 0. The van der Waals surface area contributed by atoms with Gasteiger partial charge in [0.05, 0.1) is 16.7 Å². The first-order chi connectivity index (χ1) is 20.5. The van der Waals surface area contributed by atoms with E-state index in [-0.39, 0.29) is 22.3 Å². The van der Waals surface area contributed by atoms with Gasteiger partial charge in [0.2, 0.25) is 0 Å². The van der Waals surface area contributed by atoms with Crippen LogP contribution in [0.5, 0.6) is 5.75 Å². The van der Waals surface area contributed by atoms with E-state index in [9.17, 15) is 35.1 Å². The van der Waals surface area contributed by atoms with Gasteiger partial charge in [0, 0.05) is 17.2 Å². The normalized spacial score (nSPS) is 11.1. The number of hydrogen-bond donors (Lipinski definition) is 0. The van der Waals surface area contributed by atoms with Crippen molar-refractivity contribution in [2.45, 2.75) is 25.9 Å². The maximum atomic E-state index is 14.7. The molecule has 0 spiro atoms. The molecule has 218 valence electrons. The molecule has 0 radical (unpaired) electrons. The van der Waals surface area contributed by atoms with E-state index in [0.717, 1.165) is 30.3 Å². The fourth-order valence-corrected chi connectivity index (χ4v) is 3.83. The molecule has 4 aromatic carbocycles. The van der Waals surface area contributed by atoms with Gasteiger partial charge >= 0.3 is 6.11 Å². The van der Waals surface area contributed by atoms with Gasteiger partial charge in [-0.25, -0.2) is 26.3 Å². The second kappa shape index (κ2) is 13.3. The fraction of sp³-hybridized carbons (Fsp3) is 0.118. The van der Waals surface area contributed by atoms with E-state index in [1.54, 1.807) is 0 Å². The predicted octanol–water partition coefficient (Wildman–Crippen LogP) is 8.96. The van der Waals surface area contributed by atoms with E-state index in [0.29, 0.717) is 36.6 Å². The molecule has 0 aromatic heterocycles. The Kier molecular flexibility index (Phi) is 9.57. The largest absolute Gasteiger partial charge is 0.429 e. The average Bonchev–Trinajstić information content (AvgIpc) is 2.94. The average molecular weight is 597 g/mol. The Hall–Kier alpha value is -5.02. The summed E-state index contributed by atoms with van der Waals surface area (Å²) in [7, 11) is 0. The minimum atomic E-state index is -4.09. The minimum Gasteiger partial charge on any atom is -0.429 e.